The molecular formula is C8H14BrNO2. The number of carbonyl (C=O) groups is 1. The molecule has 0 aromatic carbocycles. The molecule has 1 N–H and O–H groups in total. The van der Waals surface area contributed by atoms with Crippen molar-refractivity contribution in [3.63, 3.8) is 0 Å². The molecule has 1 unspecified atom stereocenters. The number of allylic oxidation sites excluding steroid dienone is 1. The highest BCUT2D eigenvalue weighted by Gasteiger charge is 2.13. The molecule has 0 aromatic heterocycles. The van der Waals surface area contributed by atoms with Crippen LogP contribution in [-0.2, 0) is 9.53 Å². The van der Waals surface area contributed by atoms with E-state index < -0.39 is 0 Å². The fourth-order valence-electron chi connectivity index (χ4n) is 0.622. The normalized spacial score (nSPS) is 13.2. The molecule has 0 heterocycles. The number of alkyl halides is 1. The Kier molecular flexibility index (Phi) is 7.09. The Labute approximate surface area is 81.3 Å². The monoisotopic (exact) mass is 235 g/mol. The van der Waals surface area contributed by atoms with Gasteiger partial charge < -0.3 is 10.1 Å². The zero-order valence-electron chi connectivity index (χ0n) is 7.34. The van der Waals surface area contributed by atoms with Crippen molar-refractivity contribution in [3.05, 3.63) is 12.2 Å². The van der Waals surface area contributed by atoms with Gasteiger partial charge in [0.2, 0.25) is 0 Å². The van der Waals surface area contributed by atoms with Gasteiger partial charge >= 0.3 is 5.97 Å². The van der Waals surface area contributed by atoms with Gasteiger partial charge in [-0.05, 0) is 6.92 Å². The second kappa shape index (κ2) is 7.31. The standard InChI is InChI=1S/C8H14BrNO2/c1-3-4-5-10-6-7(9)8(11)12-2/h3-4,7,10H,5-6H2,1-2H3/b4-3+. The Bertz CT molecular complexity index is 159. The average molecular weight is 236 g/mol. The summed E-state index contributed by atoms with van der Waals surface area (Å²) in [6.07, 6.45) is 3.94. The quantitative estimate of drug-likeness (QED) is 0.336. The molecule has 70 valence electrons. The zero-order valence-corrected chi connectivity index (χ0v) is 8.93. The van der Waals surface area contributed by atoms with Gasteiger partial charge in [0.1, 0.15) is 4.83 Å². The van der Waals surface area contributed by atoms with E-state index in [0.29, 0.717) is 6.54 Å². The van der Waals surface area contributed by atoms with Gasteiger partial charge in [0.25, 0.3) is 0 Å². The highest BCUT2D eigenvalue weighted by atomic mass is 79.9. The maximum absolute atomic E-state index is 10.8. The van der Waals surface area contributed by atoms with E-state index in [4.69, 9.17) is 0 Å². The molecule has 3 nitrogen and oxygen atoms in total. The molecular weight excluding hydrogens is 222 g/mol. The van der Waals surface area contributed by atoms with Gasteiger partial charge in [-0.15, -0.1) is 0 Å². The predicted molar refractivity (Wildman–Crippen MR) is 52.4 cm³/mol. The molecule has 0 radical (unpaired) electrons. The van der Waals surface area contributed by atoms with Crippen molar-refractivity contribution in [2.24, 2.45) is 0 Å². The fraction of sp³-hybridized carbons (Fsp3) is 0.625. The maximum atomic E-state index is 10.8. The predicted octanol–water partition coefficient (Wildman–Crippen LogP) is 1.09. The third kappa shape index (κ3) is 5.32. The summed E-state index contributed by atoms with van der Waals surface area (Å²) in [7, 11) is 1.38. The lowest BCUT2D eigenvalue weighted by Crippen LogP contribution is -2.29. The van der Waals surface area contributed by atoms with Gasteiger partial charge in [0.15, 0.2) is 0 Å². The number of ether oxygens (including phenoxy) is 1. The summed E-state index contributed by atoms with van der Waals surface area (Å²) in [5.41, 5.74) is 0. The van der Waals surface area contributed by atoms with Gasteiger partial charge in [-0.3, -0.25) is 4.79 Å². The average Bonchev–Trinajstić information content (AvgIpc) is 2.10. The van der Waals surface area contributed by atoms with E-state index in [9.17, 15) is 4.79 Å². The minimum absolute atomic E-state index is 0.247. The number of esters is 1. The first-order valence-electron chi connectivity index (χ1n) is 3.76. The van der Waals surface area contributed by atoms with Crippen molar-refractivity contribution in [1.29, 1.82) is 0 Å². The summed E-state index contributed by atoms with van der Waals surface area (Å²) >= 11 is 3.19. The summed E-state index contributed by atoms with van der Waals surface area (Å²) in [6.45, 7) is 3.31. The summed E-state index contributed by atoms with van der Waals surface area (Å²) in [5, 5.41) is 3.07. The third-order valence-corrected chi connectivity index (χ3v) is 1.98. The van der Waals surface area contributed by atoms with Crippen LogP contribution in [0.15, 0.2) is 12.2 Å². The summed E-state index contributed by atoms with van der Waals surface area (Å²) in [5.74, 6) is -0.247. The van der Waals surface area contributed by atoms with Crippen molar-refractivity contribution in [3.8, 4) is 0 Å². The van der Waals surface area contributed by atoms with Crippen LogP contribution in [0.3, 0.4) is 0 Å². The summed E-state index contributed by atoms with van der Waals surface area (Å²) in [6, 6.07) is 0. The van der Waals surface area contributed by atoms with Crippen LogP contribution in [0.25, 0.3) is 0 Å². The molecule has 1 atom stereocenters. The van der Waals surface area contributed by atoms with Crippen molar-refractivity contribution < 1.29 is 9.53 Å². The first-order chi connectivity index (χ1) is 5.72. The molecule has 0 amide bonds. The van der Waals surface area contributed by atoms with Crippen molar-refractivity contribution >= 4 is 21.9 Å². The van der Waals surface area contributed by atoms with E-state index in [1.165, 1.54) is 7.11 Å². The number of nitrogens with one attached hydrogen (secondary N) is 1. The molecule has 0 fully saturated rings. The van der Waals surface area contributed by atoms with E-state index in [0.717, 1.165) is 6.54 Å². The van der Waals surface area contributed by atoms with Crippen LogP contribution in [0.1, 0.15) is 6.92 Å². The van der Waals surface area contributed by atoms with E-state index in [2.05, 4.69) is 26.0 Å². The highest BCUT2D eigenvalue weighted by molar-refractivity contribution is 9.10. The van der Waals surface area contributed by atoms with Crippen LogP contribution < -0.4 is 5.32 Å². The van der Waals surface area contributed by atoms with Gasteiger partial charge in [0.05, 0.1) is 7.11 Å². The number of methoxy groups -OCH3 is 1. The molecule has 0 rings (SSSR count). The third-order valence-electron chi connectivity index (χ3n) is 1.28. The minimum Gasteiger partial charge on any atom is -0.468 e. The van der Waals surface area contributed by atoms with Crippen molar-refractivity contribution in [2.45, 2.75) is 11.8 Å². The topological polar surface area (TPSA) is 38.3 Å². The van der Waals surface area contributed by atoms with Crippen molar-refractivity contribution in [1.82, 2.24) is 5.32 Å². The SMILES string of the molecule is C/C=C/CNCC(Br)C(=O)OC. The Morgan fingerprint density at radius 1 is 1.75 bits per heavy atom. The molecule has 0 spiro atoms. The first-order valence-corrected chi connectivity index (χ1v) is 4.67. The highest BCUT2D eigenvalue weighted by Crippen LogP contribution is 1.99. The maximum Gasteiger partial charge on any atom is 0.320 e. The van der Waals surface area contributed by atoms with Crippen LogP contribution in [0.5, 0.6) is 0 Å². The Balaban J connectivity index is 3.43. The second-order valence-corrected chi connectivity index (χ2v) is 3.32. The molecule has 0 bridgehead atoms. The molecule has 0 aliphatic heterocycles. The van der Waals surface area contributed by atoms with Gasteiger partial charge in [-0.2, -0.15) is 0 Å². The van der Waals surface area contributed by atoms with Crippen LogP contribution in [-0.4, -0.2) is 31.0 Å². The molecule has 0 aliphatic carbocycles. The molecule has 4 heteroatoms. The first kappa shape index (κ1) is 11.6. The van der Waals surface area contributed by atoms with E-state index in [1.807, 2.05) is 19.1 Å². The van der Waals surface area contributed by atoms with E-state index >= 15 is 0 Å². The fourth-order valence-corrected chi connectivity index (χ4v) is 1.04. The number of hydrogen-bond acceptors (Lipinski definition) is 3. The molecule has 0 aromatic rings. The second-order valence-electron chi connectivity index (χ2n) is 2.22. The lowest BCUT2D eigenvalue weighted by molar-refractivity contribution is -0.139. The number of halogens is 1. The zero-order chi connectivity index (χ0) is 9.40. The number of carbonyl (C=O) groups excluding carboxylic acids is 1. The van der Waals surface area contributed by atoms with Gasteiger partial charge in [-0.25, -0.2) is 0 Å². The van der Waals surface area contributed by atoms with Crippen LogP contribution in [0, 0.1) is 0 Å². The van der Waals surface area contributed by atoms with Crippen molar-refractivity contribution in [2.75, 3.05) is 20.2 Å². The van der Waals surface area contributed by atoms with E-state index in [1.54, 1.807) is 0 Å². The van der Waals surface area contributed by atoms with Crippen LogP contribution in [0.2, 0.25) is 0 Å². The van der Waals surface area contributed by atoms with E-state index in [-0.39, 0.29) is 10.8 Å². The molecule has 0 aliphatic rings. The van der Waals surface area contributed by atoms with Crippen LogP contribution >= 0.6 is 15.9 Å². The Hall–Kier alpha value is -0.350. The summed E-state index contributed by atoms with van der Waals surface area (Å²) in [4.78, 5) is 10.6. The van der Waals surface area contributed by atoms with Crippen LogP contribution in [0.4, 0.5) is 0 Å². The summed E-state index contributed by atoms with van der Waals surface area (Å²) < 4.78 is 4.53. The lowest BCUT2D eigenvalue weighted by atomic mass is 10.4. The Morgan fingerprint density at radius 2 is 2.42 bits per heavy atom. The Morgan fingerprint density at radius 3 is 2.92 bits per heavy atom. The number of hydrogen-bond donors (Lipinski definition) is 1. The molecule has 0 saturated carbocycles. The lowest BCUT2D eigenvalue weighted by Gasteiger charge is -2.06. The van der Waals surface area contributed by atoms with Gasteiger partial charge in [-0.1, -0.05) is 28.1 Å². The smallest absolute Gasteiger partial charge is 0.320 e. The largest absolute Gasteiger partial charge is 0.468 e. The molecule has 0 saturated heterocycles. The molecule has 12 heavy (non-hydrogen) atoms. The van der Waals surface area contributed by atoms with Gasteiger partial charge in [0, 0.05) is 13.1 Å². The minimum atomic E-state index is -0.257. The number of rotatable bonds is 5.